The molecule has 0 saturated heterocycles. The lowest BCUT2D eigenvalue weighted by Gasteiger charge is -2.15. The number of para-hydroxylation sites is 1. The minimum Gasteiger partial charge on any atom is -0.478 e. The van der Waals surface area contributed by atoms with Crippen molar-refractivity contribution >= 4 is 28.9 Å². The van der Waals surface area contributed by atoms with Crippen LogP contribution in [-0.4, -0.2) is 11.1 Å². The minimum atomic E-state index is -0.958. The molecule has 0 aliphatic rings. The summed E-state index contributed by atoms with van der Waals surface area (Å²) in [5.74, 6) is -0.958. The van der Waals surface area contributed by atoms with Crippen molar-refractivity contribution < 1.29 is 9.90 Å². The Bertz CT molecular complexity index is 638. The van der Waals surface area contributed by atoms with Crippen molar-refractivity contribution in [3.05, 3.63) is 58.1 Å². The molecule has 0 aromatic heterocycles. The third kappa shape index (κ3) is 2.71. The van der Waals surface area contributed by atoms with Crippen LogP contribution in [0.3, 0.4) is 0 Å². The van der Waals surface area contributed by atoms with E-state index < -0.39 is 5.97 Å². The van der Waals surface area contributed by atoms with Crippen molar-refractivity contribution in [1.29, 1.82) is 0 Å². The van der Waals surface area contributed by atoms with Gasteiger partial charge in [0.15, 0.2) is 0 Å². The lowest BCUT2D eigenvalue weighted by atomic mass is 10.1. The summed E-state index contributed by atoms with van der Waals surface area (Å²) in [4.78, 5) is 11.2. The van der Waals surface area contributed by atoms with Gasteiger partial charge in [0, 0.05) is 10.7 Å². The van der Waals surface area contributed by atoms with Crippen LogP contribution in [0.25, 0.3) is 0 Å². The summed E-state index contributed by atoms with van der Waals surface area (Å²) in [6, 6.07) is 10.5. The summed E-state index contributed by atoms with van der Waals surface area (Å²) >= 11 is 6.10. The molecular weight excluding hydrogens is 262 g/mol. The summed E-state index contributed by atoms with van der Waals surface area (Å²) in [6.07, 6.45) is 0. The highest BCUT2D eigenvalue weighted by Gasteiger charge is 2.12. The number of carbonyl (C=O) groups is 1. The van der Waals surface area contributed by atoms with E-state index in [1.54, 1.807) is 24.3 Å². The van der Waals surface area contributed by atoms with E-state index in [1.807, 2.05) is 26.0 Å². The Kier molecular flexibility index (Phi) is 3.76. The summed E-state index contributed by atoms with van der Waals surface area (Å²) < 4.78 is 0. The van der Waals surface area contributed by atoms with Crippen molar-refractivity contribution in [2.24, 2.45) is 0 Å². The SMILES string of the molecule is Cc1ccc(Cl)c(C)c1Nc1ccccc1C(=O)O. The number of benzene rings is 2. The maximum absolute atomic E-state index is 11.2. The molecule has 98 valence electrons. The lowest BCUT2D eigenvalue weighted by Crippen LogP contribution is -2.04. The fourth-order valence-electron chi connectivity index (χ4n) is 1.93. The fourth-order valence-corrected chi connectivity index (χ4v) is 2.08. The monoisotopic (exact) mass is 275 g/mol. The highest BCUT2D eigenvalue weighted by atomic mass is 35.5. The predicted molar refractivity (Wildman–Crippen MR) is 77.6 cm³/mol. The van der Waals surface area contributed by atoms with Crippen LogP contribution < -0.4 is 5.32 Å². The molecule has 3 nitrogen and oxygen atoms in total. The first-order valence-corrected chi connectivity index (χ1v) is 6.23. The van der Waals surface area contributed by atoms with Gasteiger partial charge < -0.3 is 10.4 Å². The first kappa shape index (κ1) is 13.4. The Morgan fingerprint density at radius 3 is 2.53 bits per heavy atom. The van der Waals surface area contributed by atoms with Crippen LogP contribution in [0, 0.1) is 13.8 Å². The number of rotatable bonds is 3. The Balaban J connectivity index is 2.48. The molecular formula is C15H14ClNO2. The largest absolute Gasteiger partial charge is 0.478 e. The van der Waals surface area contributed by atoms with Crippen molar-refractivity contribution in [3.63, 3.8) is 0 Å². The quantitative estimate of drug-likeness (QED) is 0.873. The average Bonchev–Trinajstić information content (AvgIpc) is 2.39. The predicted octanol–water partition coefficient (Wildman–Crippen LogP) is 4.40. The van der Waals surface area contributed by atoms with Gasteiger partial charge in [0.25, 0.3) is 0 Å². The van der Waals surface area contributed by atoms with Gasteiger partial charge in [0.05, 0.1) is 11.3 Å². The van der Waals surface area contributed by atoms with Gasteiger partial charge in [-0.25, -0.2) is 4.79 Å². The Morgan fingerprint density at radius 2 is 1.84 bits per heavy atom. The normalized spacial score (nSPS) is 10.3. The van der Waals surface area contributed by atoms with Gasteiger partial charge in [0.1, 0.15) is 0 Å². The summed E-state index contributed by atoms with van der Waals surface area (Å²) in [5.41, 5.74) is 3.56. The molecule has 0 radical (unpaired) electrons. The Labute approximate surface area is 116 Å². The van der Waals surface area contributed by atoms with E-state index in [0.29, 0.717) is 10.7 Å². The van der Waals surface area contributed by atoms with E-state index >= 15 is 0 Å². The van der Waals surface area contributed by atoms with E-state index in [1.165, 1.54) is 0 Å². The zero-order chi connectivity index (χ0) is 14.0. The average molecular weight is 276 g/mol. The zero-order valence-corrected chi connectivity index (χ0v) is 11.5. The minimum absolute atomic E-state index is 0.237. The number of nitrogens with one attached hydrogen (secondary N) is 1. The van der Waals surface area contributed by atoms with Crippen molar-refractivity contribution in [2.75, 3.05) is 5.32 Å². The molecule has 2 aromatic carbocycles. The molecule has 2 N–H and O–H groups in total. The van der Waals surface area contributed by atoms with Crippen LogP contribution in [0.2, 0.25) is 5.02 Å². The molecule has 0 unspecified atom stereocenters. The van der Waals surface area contributed by atoms with Crippen molar-refractivity contribution in [3.8, 4) is 0 Å². The van der Waals surface area contributed by atoms with Crippen LogP contribution in [0.5, 0.6) is 0 Å². The number of aryl methyl sites for hydroxylation is 1. The standard InChI is InChI=1S/C15H14ClNO2/c1-9-7-8-12(16)10(2)14(9)17-13-6-4-3-5-11(13)15(18)19/h3-8,17H,1-2H3,(H,18,19). The number of hydrogen-bond donors (Lipinski definition) is 2. The second-order valence-corrected chi connectivity index (χ2v) is 4.75. The van der Waals surface area contributed by atoms with E-state index in [9.17, 15) is 9.90 Å². The molecule has 4 heteroatoms. The molecule has 2 aromatic rings. The lowest BCUT2D eigenvalue weighted by molar-refractivity contribution is 0.0698. The van der Waals surface area contributed by atoms with E-state index in [-0.39, 0.29) is 5.56 Å². The second kappa shape index (κ2) is 5.33. The Morgan fingerprint density at radius 1 is 1.16 bits per heavy atom. The molecule has 0 aliphatic carbocycles. The van der Waals surface area contributed by atoms with E-state index in [2.05, 4.69) is 5.32 Å². The molecule has 0 heterocycles. The topological polar surface area (TPSA) is 49.3 Å². The highest BCUT2D eigenvalue weighted by Crippen LogP contribution is 2.30. The molecule has 0 amide bonds. The van der Waals surface area contributed by atoms with Gasteiger partial charge in [-0.05, 0) is 43.2 Å². The highest BCUT2D eigenvalue weighted by molar-refractivity contribution is 6.31. The van der Waals surface area contributed by atoms with Crippen LogP contribution in [-0.2, 0) is 0 Å². The summed E-state index contributed by atoms with van der Waals surface area (Å²) in [6.45, 7) is 3.86. The maximum Gasteiger partial charge on any atom is 0.337 e. The van der Waals surface area contributed by atoms with E-state index in [0.717, 1.165) is 16.8 Å². The third-order valence-electron chi connectivity index (χ3n) is 3.02. The molecule has 0 bridgehead atoms. The van der Waals surface area contributed by atoms with Gasteiger partial charge in [0.2, 0.25) is 0 Å². The summed E-state index contributed by atoms with van der Waals surface area (Å²) in [5, 5.41) is 13.0. The summed E-state index contributed by atoms with van der Waals surface area (Å²) in [7, 11) is 0. The molecule has 2 rings (SSSR count). The van der Waals surface area contributed by atoms with Gasteiger partial charge in [-0.2, -0.15) is 0 Å². The number of halogens is 1. The Hall–Kier alpha value is -2.00. The third-order valence-corrected chi connectivity index (χ3v) is 3.43. The number of aromatic carboxylic acids is 1. The number of carboxylic acids is 1. The molecule has 19 heavy (non-hydrogen) atoms. The van der Waals surface area contributed by atoms with Gasteiger partial charge in [-0.15, -0.1) is 0 Å². The van der Waals surface area contributed by atoms with Crippen LogP contribution in [0.4, 0.5) is 11.4 Å². The van der Waals surface area contributed by atoms with E-state index in [4.69, 9.17) is 11.6 Å². The first-order chi connectivity index (χ1) is 9.00. The van der Waals surface area contributed by atoms with Gasteiger partial charge >= 0.3 is 5.97 Å². The van der Waals surface area contributed by atoms with Crippen LogP contribution in [0.1, 0.15) is 21.5 Å². The molecule has 0 spiro atoms. The zero-order valence-electron chi connectivity index (χ0n) is 10.7. The first-order valence-electron chi connectivity index (χ1n) is 5.85. The number of carboxylic acid groups (broad SMARTS) is 1. The molecule has 0 fully saturated rings. The smallest absolute Gasteiger partial charge is 0.337 e. The van der Waals surface area contributed by atoms with Gasteiger partial charge in [-0.3, -0.25) is 0 Å². The molecule has 0 atom stereocenters. The van der Waals surface area contributed by atoms with Crippen molar-refractivity contribution in [2.45, 2.75) is 13.8 Å². The second-order valence-electron chi connectivity index (χ2n) is 4.34. The number of anilines is 2. The van der Waals surface area contributed by atoms with Crippen molar-refractivity contribution in [1.82, 2.24) is 0 Å². The molecule has 0 aliphatic heterocycles. The fraction of sp³-hybridized carbons (Fsp3) is 0.133. The van der Waals surface area contributed by atoms with Crippen LogP contribution >= 0.6 is 11.6 Å². The molecule has 0 saturated carbocycles. The van der Waals surface area contributed by atoms with Gasteiger partial charge in [-0.1, -0.05) is 29.8 Å². The number of hydrogen-bond acceptors (Lipinski definition) is 2. The van der Waals surface area contributed by atoms with Crippen LogP contribution in [0.15, 0.2) is 36.4 Å². The maximum atomic E-state index is 11.2.